The highest BCUT2D eigenvalue weighted by Crippen LogP contribution is 2.28. The van der Waals surface area contributed by atoms with Gasteiger partial charge in [0.15, 0.2) is 5.69 Å². The Morgan fingerprint density at radius 1 is 1.18 bits per heavy atom. The number of aromatic carboxylic acids is 1. The Balaban J connectivity index is 1.48. The minimum Gasteiger partial charge on any atom is -0.476 e. The summed E-state index contributed by atoms with van der Waals surface area (Å²) in [5.74, 6) is -0.976. The quantitative estimate of drug-likeness (QED) is 0.638. The maximum Gasteiger partial charge on any atom is 0.358 e. The first-order chi connectivity index (χ1) is 13.5. The monoisotopic (exact) mass is 385 g/mol. The van der Waals surface area contributed by atoms with Gasteiger partial charge in [-0.2, -0.15) is 0 Å². The fourth-order valence-electron chi connectivity index (χ4n) is 3.32. The van der Waals surface area contributed by atoms with Crippen molar-refractivity contribution >= 4 is 23.5 Å². The number of anilines is 1. The van der Waals surface area contributed by atoms with Crippen LogP contribution < -0.4 is 10.6 Å². The number of rotatable bonds is 8. The number of amides is 2. The van der Waals surface area contributed by atoms with Crippen molar-refractivity contribution in [3.8, 4) is 5.69 Å². The van der Waals surface area contributed by atoms with Crippen LogP contribution in [0.25, 0.3) is 5.69 Å². The molecule has 0 atom stereocenters. The number of carboxylic acid groups (broad SMARTS) is 1. The van der Waals surface area contributed by atoms with Gasteiger partial charge in [-0.3, -0.25) is 9.59 Å². The molecule has 1 aromatic carbocycles. The van der Waals surface area contributed by atoms with E-state index in [1.165, 1.54) is 36.6 Å². The molecule has 0 saturated heterocycles. The zero-order chi connectivity index (χ0) is 19.9. The Morgan fingerprint density at radius 3 is 2.68 bits per heavy atom. The minimum absolute atomic E-state index is 0.0970. The second kappa shape index (κ2) is 9.12. The Kier molecular flexibility index (Phi) is 6.36. The van der Waals surface area contributed by atoms with Gasteiger partial charge in [-0.05, 0) is 30.5 Å². The van der Waals surface area contributed by atoms with Crippen LogP contribution in [-0.2, 0) is 9.59 Å². The van der Waals surface area contributed by atoms with Crippen LogP contribution in [0.15, 0.2) is 30.5 Å². The van der Waals surface area contributed by atoms with Crippen LogP contribution in [0.4, 0.5) is 5.69 Å². The summed E-state index contributed by atoms with van der Waals surface area (Å²) in [5, 5.41) is 21.6. The summed E-state index contributed by atoms with van der Waals surface area (Å²) in [6, 6.07) is 6.74. The molecular formula is C19H23N5O4. The first-order valence-electron chi connectivity index (χ1n) is 9.34. The van der Waals surface area contributed by atoms with E-state index >= 15 is 0 Å². The molecule has 1 aliphatic carbocycles. The van der Waals surface area contributed by atoms with Crippen molar-refractivity contribution in [2.75, 3.05) is 11.9 Å². The number of carboxylic acids is 1. The highest BCUT2D eigenvalue weighted by atomic mass is 16.4. The lowest BCUT2D eigenvalue weighted by molar-refractivity contribution is -0.124. The van der Waals surface area contributed by atoms with Gasteiger partial charge in [0.05, 0.1) is 18.4 Å². The predicted octanol–water partition coefficient (Wildman–Crippen LogP) is 1.99. The summed E-state index contributed by atoms with van der Waals surface area (Å²) >= 11 is 0. The van der Waals surface area contributed by atoms with Crippen molar-refractivity contribution in [3.63, 3.8) is 0 Å². The largest absolute Gasteiger partial charge is 0.476 e. The average Bonchev–Trinajstić information content (AvgIpc) is 3.37. The smallest absolute Gasteiger partial charge is 0.358 e. The minimum atomic E-state index is -1.17. The predicted molar refractivity (Wildman–Crippen MR) is 101 cm³/mol. The molecule has 3 rings (SSSR count). The van der Waals surface area contributed by atoms with Gasteiger partial charge < -0.3 is 15.7 Å². The van der Waals surface area contributed by atoms with Gasteiger partial charge in [0.2, 0.25) is 11.8 Å². The summed E-state index contributed by atoms with van der Waals surface area (Å²) in [6.07, 6.45) is 7.51. The SMILES string of the molecule is O=C(CCC1CCCC1)NCC(=O)Nc1cccc(-n2cc(C(=O)O)nn2)c1. The van der Waals surface area contributed by atoms with E-state index < -0.39 is 5.97 Å². The second-order valence-electron chi connectivity index (χ2n) is 6.92. The molecule has 0 aliphatic heterocycles. The third-order valence-corrected chi connectivity index (χ3v) is 4.81. The lowest BCUT2D eigenvalue weighted by Gasteiger charge is -2.10. The number of hydrogen-bond acceptors (Lipinski definition) is 5. The molecule has 1 fully saturated rings. The van der Waals surface area contributed by atoms with Gasteiger partial charge in [0.25, 0.3) is 0 Å². The molecule has 1 aliphatic rings. The van der Waals surface area contributed by atoms with Crippen LogP contribution in [0, 0.1) is 5.92 Å². The van der Waals surface area contributed by atoms with Crippen LogP contribution in [-0.4, -0.2) is 44.4 Å². The molecule has 1 saturated carbocycles. The number of benzene rings is 1. The lowest BCUT2D eigenvalue weighted by Crippen LogP contribution is -2.32. The van der Waals surface area contributed by atoms with Crippen LogP contribution in [0.1, 0.15) is 49.0 Å². The zero-order valence-corrected chi connectivity index (χ0v) is 15.4. The van der Waals surface area contributed by atoms with Crippen molar-refractivity contribution in [2.45, 2.75) is 38.5 Å². The third kappa shape index (κ3) is 5.38. The summed E-state index contributed by atoms with van der Waals surface area (Å²) in [7, 11) is 0. The van der Waals surface area contributed by atoms with Crippen molar-refractivity contribution in [1.29, 1.82) is 0 Å². The molecule has 0 spiro atoms. The van der Waals surface area contributed by atoms with Crippen molar-refractivity contribution < 1.29 is 19.5 Å². The van der Waals surface area contributed by atoms with E-state index in [0.29, 0.717) is 23.7 Å². The normalized spacial score (nSPS) is 14.0. The number of nitrogens with one attached hydrogen (secondary N) is 2. The second-order valence-corrected chi connectivity index (χ2v) is 6.92. The number of aromatic nitrogens is 3. The van der Waals surface area contributed by atoms with Gasteiger partial charge in [-0.15, -0.1) is 5.10 Å². The van der Waals surface area contributed by atoms with E-state index in [0.717, 1.165) is 6.42 Å². The van der Waals surface area contributed by atoms with Gasteiger partial charge in [0.1, 0.15) is 0 Å². The molecule has 2 amide bonds. The summed E-state index contributed by atoms with van der Waals surface area (Å²) in [4.78, 5) is 34.9. The summed E-state index contributed by atoms with van der Waals surface area (Å²) < 4.78 is 1.31. The third-order valence-electron chi connectivity index (χ3n) is 4.81. The summed E-state index contributed by atoms with van der Waals surface area (Å²) in [5.41, 5.74) is 0.892. The highest BCUT2D eigenvalue weighted by Gasteiger charge is 2.16. The Labute approximate surface area is 162 Å². The number of nitrogens with zero attached hydrogens (tertiary/aromatic N) is 3. The van der Waals surface area contributed by atoms with Crippen LogP contribution in [0.3, 0.4) is 0 Å². The van der Waals surface area contributed by atoms with Crippen LogP contribution in [0.2, 0.25) is 0 Å². The maximum absolute atomic E-state index is 12.1. The van der Waals surface area contributed by atoms with Gasteiger partial charge in [-0.1, -0.05) is 37.0 Å². The summed E-state index contributed by atoms with van der Waals surface area (Å²) in [6.45, 7) is -0.0970. The van der Waals surface area contributed by atoms with E-state index in [9.17, 15) is 14.4 Å². The molecule has 9 heteroatoms. The lowest BCUT2D eigenvalue weighted by atomic mass is 10.0. The fourth-order valence-corrected chi connectivity index (χ4v) is 3.32. The van der Waals surface area contributed by atoms with E-state index in [2.05, 4.69) is 20.9 Å². The number of carbonyl (C=O) groups is 3. The molecule has 148 valence electrons. The maximum atomic E-state index is 12.1. The topological polar surface area (TPSA) is 126 Å². The van der Waals surface area contributed by atoms with E-state index in [1.807, 2.05) is 0 Å². The van der Waals surface area contributed by atoms with Crippen molar-refractivity contribution in [2.24, 2.45) is 5.92 Å². The molecule has 0 radical (unpaired) electrons. The van der Waals surface area contributed by atoms with E-state index in [1.54, 1.807) is 24.3 Å². The molecule has 9 nitrogen and oxygen atoms in total. The van der Waals surface area contributed by atoms with Gasteiger partial charge >= 0.3 is 5.97 Å². The number of carbonyl (C=O) groups excluding carboxylic acids is 2. The zero-order valence-electron chi connectivity index (χ0n) is 15.4. The van der Waals surface area contributed by atoms with E-state index in [-0.39, 0.29) is 24.1 Å². The Bertz CT molecular complexity index is 858. The Morgan fingerprint density at radius 2 is 1.96 bits per heavy atom. The molecule has 0 bridgehead atoms. The van der Waals surface area contributed by atoms with Crippen LogP contribution >= 0.6 is 0 Å². The molecule has 2 aromatic rings. The highest BCUT2D eigenvalue weighted by molar-refractivity contribution is 5.94. The first-order valence-corrected chi connectivity index (χ1v) is 9.34. The molecule has 28 heavy (non-hydrogen) atoms. The van der Waals surface area contributed by atoms with Crippen molar-refractivity contribution in [3.05, 3.63) is 36.2 Å². The molecular weight excluding hydrogens is 362 g/mol. The standard InChI is InChI=1S/C19H23N5O4/c25-17(9-8-13-4-1-2-5-13)20-11-18(26)21-14-6-3-7-15(10-14)24-12-16(19(27)28)22-23-24/h3,6-7,10,12-13H,1-2,4-5,8-9,11H2,(H,20,25)(H,21,26)(H,27,28). The molecule has 1 heterocycles. The van der Waals surface area contributed by atoms with Gasteiger partial charge in [0, 0.05) is 12.1 Å². The molecule has 1 aromatic heterocycles. The molecule has 0 unspecified atom stereocenters. The average molecular weight is 385 g/mol. The van der Waals surface area contributed by atoms with Crippen LogP contribution in [0.5, 0.6) is 0 Å². The number of hydrogen-bond donors (Lipinski definition) is 3. The van der Waals surface area contributed by atoms with Crippen molar-refractivity contribution in [1.82, 2.24) is 20.3 Å². The molecule has 3 N–H and O–H groups in total. The fraction of sp³-hybridized carbons (Fsp3) is 0.421. The van der Waals surface area contributed by atoms with E-state index in [4.69, 9.17) is 5.11 Å². The van der Waals surface area contributed by atoms with Gasteiger partial charge in [-0.25, -0.2) is 9.48 Å². The Hall–Kier alpha value is -3.23. The first kappa shape index (κ1) is 19.5.